The number of benzene rings is 2. The number of aromatic nitrogens is 1. The van der Waals surface area contributed by atoms with Crippen LogP contribution < -0.4 is 5.73 Å². The summed E-state index contributed by atoms with van der Waals surface area (Å²) >= 11 is 1.60. The van der Waals surface area contributed by atoms with E-state index < -0.39 is 0 Å². The molecule has 0 fully saturated rings. The minimum absolute atomic E-state index is 0.175. The van der Waals surface area contributed by atoms with Gasteiger partial charge in [0.2, 0.25) is 0 Å². The van der Waals surface area contributed by atoms with Gasteiger partial charge in [-0.05, 0) is 46.3 Å². The average molecular weight is 412 g/mol. The van der Waals surface area contributed by atoms with Crippen molar-refractivity contribution in [2.75, 3.05) is 12.3 Å². The Morgan fingerprint density at radius 2 is 2.20 bits per heavy atom. The van der Waals surface area contributed by atoms with Gasteiger partial charge in [-0.2, -0.15) is 5.26 Å². The number of thiophene rings is 1. The third kappa shape index (κ3) is 2.78. The van der Waals surface area contributed by atoms with E-state index >= 15 is 0 Å². The van der Waals surface area contributed by atoms with Gasteiger partial charge in [0, 0.05) is 17.8 Å². The molecule has 1 aliphatic heterocycles. The molecule has 1 amide bonds. The Morgan fingerprint density at radius 3 is 2.97 bits per heavy atom. The van der Waals surface area contributed by atoms with Crippen molar-refractivity contribution in [3.8, 4) is 27.8 Å². The average Bonchev–Trinajstić information content (AvgIpc) is 3.47. The molecule has 2 aromatic carbocycles. The molecule has 4 aromatic rings. The number of nitrogen functional groups attached to an aromatic ring is 1. The summed E-state index contributed by atoms with van der Waals surface area (Å²) < 4.78 is 5.50. The number of nitrogens with two attached hydrogens (primary N) is 1. The van der Waals surface area contributed by atoms with Gasteiger partial charge in [0.25, 0.3) is 5.91 Å². The van der Waals surface area contributed by atoms with Gasteiger partial charge in [0.1, 0.15) is 5.69 Å². The maximum absolute atomic E-state index is 12.9. The first kappa shape index (κ1) is 18.2. The topological polar surface area (TPSA) is 96.2 Å². The van der Waals surface area contributed by atoms with E-state index in [4.69, 9.17) is 15.5 Å². The van der Waals surface area contributed by atoms with Crippen molar-refractivity contribution in [2.24, 2.45) is 0 Å². The fraction of sp³-hybridized carbons (Fsp3) is 0.0870. The van der Waals surface area contributed by atoms with Crippen LogP contribution in [0.15, 0.2) is 64.5 Å². The van der Waals surface area contributed by atoms with Gasteiger partial charge in [0.05, 0.1) is 28.4 Å². The van der Waals surface area contributed by atoms with Crippen molar-refractivity contribution in [2.45, 2.75) is 6.54 Å². The van der Waals surface area contributed by atoms with Crippen molar-refractivity contribution < 1.29 is 9.32 Å². The number of hydrogen-bond acceptors (Lipinski definition) is 6. The zero-order valence-corrected chi connectivity index (χ0v) is 16.7. The number of hydrogen-bond donors (Lipinski definition) is 1. The van der Waals surface area contributed by atoms with E-state index in [9.17, 15) is 4.79 Å². The van der Waals surface area contributed by atoms with Gasteiger partial charge in [-0.25, -0.2) is 0 Å². The lowest BCUT2D eigenvalue weighted by Crippen LogP contribution is -2.26. The molecule has 30 heavy (non-hydrogen) atoms. The van der Waals surface area contributed by atoms with Crippen LogP contribution in [-0.2, 0) is 6.54 Å². The quantitative estimate of drug-likeness (QED) is 0.382. The van der Waals surface area contributed by atoms with Crippen LogP contribution in [0.3, 0.4) is 0 Å². The lowest BCUT2D eigenvalue weighted by Gasteiger charge is -2.14. The molecule has 5 rings (SSSR count). The summed E-state index contributed by atoms with van der Waals surface area (Å²) in [5.41, 5.74) is 11.7. The van der Waals surface area contributed by atoms with Crippen LogP contribution in [0, 0.1) is 11.3 Å². The highest BCUT2D eigenvalue weighted by molar-refractivity contribution is 7.13. The number of carbonyl (C=O) groups excluding carboxylic acids is 1. The summed E-state index contributed by atoms with van der Waals surface area (Å²) in [6, 6.07) is 15.6. The highest BCUT2D eigenvalue weighted by atomic mass is 32.1. The third-order valence-electron chi connectivity index (χ3n) is 5.27. The first-order valence-corrected chi connectivity index (χ1v) is 10.2. The number of nitriles is 1. The molecular weight excluding hydrogens is 396 g/mol. The van der Waals surface area contributed by atoms with Crippen molar-refractivity contribution >= 4 is 33.9 Å². The Bertz CT molecular complexity index is 1360. The van der Waals surface area contributed by atoms with Crippen molar-refractivity contribution in [3.05, 3.63) is 71.1 Å². The van der Waals surface area contributed by atoms with Crippen LogP contribution in [0.1, 0.15) is 15.9 Å². The highest BCUT2D eigenvalue weighted by Gasteiger charge is 2.32. The first-order valence-electron chi connectivity index (χ1n) is 9.29. The van der Waals surface area contributed by atoms with E-state index in [0.717, 1.165) is 32.6 Å². The molecule has 0 spiro atoms. The summed E-state index contributed by atoms with van der Waals surface area (Å²) in [4.78, 5) is 15.5. The van der Waals surface area contributed by atoms with Crippen LogP contribution in [-0.4, -0.2) is 22.5 Å². The van der Waals surface area contributed by atoms with E-state index in [1.54, 1.807) is 22.3 Å². The van der Waals surface area contributed by atoms with E-state index in [1.807, 2.05) is 47.8 Å². The molecule has 3 heterocycles. The normalized spacial score (nSPS) is 12.9. The van der Waals surface area contributed by atoms with Gasteiger partial charge in [-0.3, -0.25) is 4.79 Å². The molecule has 0 atom stereocenters. The van der Waals surface area contributed by atoms with Gasteiger partial charge in [0.15, 0.2) is 5.58 Å². The second kappa shape index (κ2) is 6.87. The third-order valence-corrected chi connectivity index (χ3v) is 6.15. The lowest BCUT2D eigenvalue weighted by atomic mass is 9.95. The fourth-order valence-electron chi connectivity index (χ4n) is 3.86. The Balaban J connectivity index is 1.62. The van der Waals surface area contributed by atoms with E-state index in [1.165, 1.54) is 0 Å². The Hall–Kier alpha value is -3.89. The van der Waals surface area contributed by atoms with Crippen LogP contribution in [0.2, 0.25) is 0 Å². The van der Waals surface area contributed by atoms with Crippen LogP contribution in [0.25, 0.3) is 32.7 Å². The molecule has 0 radical (unpaired) electrons. The van der Waals surface area contributed by atoms with Crippen molar-refractivity contribution in [3.63, 3.8) is 0 Å². The summed E-state index contributed by atoms with van der Waals surface area (Å²) in [7, 11) is 0. The van der Waals surface area contributed by atoms with Crippen LogP contribution >= 0.6 is 11.3 Å². The highest BCUT2D eigenvalue weighted by Crippen LogP contribution is 2.39. The molecule has 0 bridgehead atoms. The Labute approximate surface area is 176 Å². The molecule has 0 aliphatic carbocycles. The minimum Gasteiger partial charge on any atom is -0.398 e. The number of nitrogens with zero attached hydrogens (tertiary/aromatic N) is 3. The fourth-order valence-corrected chi connectivity index (χ4v) is 4.58. The maximum Gasteiger partial charge on any atom is 0.256 e. The van der Waals surface area contributed by atoms with Crippen LogP contribution in [0.5, 0.6) is 0 Å². The summed E-state index contributed by atoms with van der Waals surface area (Å²) in [6.07, 6.45) is 0. The Morgan fingerprint density at radius 1 is 1.33 bits per heavy atom. The molecule has 0 saturated carbocycles. The lowest BCUT2D eigenvalue weighted by molar-refractivity contribution is 0.0794. The predicted octanol–water partition coefficient (Wildman–Crippen LogP) is 4.84. The zero-order valence-electron chi connectivity index (χ0n) is 15.9. The largest absolute Gasteiger partial charge is 0.398 e. The number of carbonyl (C=O) groups is 1. The number of anilines is 1. The van der Waals surface area contributed by atoms with Gasteiger partial charge < -0.3 is 15.2 Å². The summed E-state index contributed by atoms with van der Waals surface area (Å²) in [5, 5.41) is 16.2. The van der Waals surface area contributed by atoms with Gasteiger partial charge in [-0.1, -0.05) is 29.9 Å². The number of fused-ring (bicyclic) bond motifs is 2. The van der Waals surface area contributed by atoms with Gasteiger partial charge in [-0.15, -0.1) is 11.3 Å². The monoisotopic (exact) mass is 412 g/mol. The molecule has 1 aliphatic rings. The SMILES string of the molecule is C=C(C#N)CN1Cc2c(-c3ccc4onc(-c5cccs5)c4c3)ccc(N)c2C1=O. The smallest absolute Gasteiger partial charge is 0.256 e. The molecule has 146 valence electrons. The van der Waals surface area contributed by atoms with Crippen molar-refractivity contribution in [1.29, 1.82) is 5.26 Å². The molecule has 2 aromatic heterocycles. The zero-order chi connectivity index (χ0) is 20.8. The van der Waals surface area contributed by atoms with Gasteiger partial charge >= 0.3 is 0 Å². The first-order chi connectivity index (χ1) is 14.6. The molecular formula is C23H16N4O2S. The Kier molecular flexibility index (Phi) is 4.16. The summed E-state index contributed by atoms with van der Waals surface area (Å²) in [5.74, 6) is -0.175. The molecule has 7 heteroatoms. The van der Waals surface area contributed by atoms with E-state index in [0.29, 0.717) is 29.0 Å². The number of amides is 1. The number of rotatable bonds is 4. The molecule has 0 saturated heterocycles. The molecule has 0 unspecified atom stereocenters. The second-order valence-electron chi connectivity index (χ2n) is 7.15. The molecule has 2 N–H and O–H groups in total. The van der Waals surface area contributed by atoms with Crippen LogP contribution in [0.4, 0.5) is 5.69 Å². The predicted molar refractivity (Wildman–Crippen MR) is 117 cm³/mol. The standard InChI is InChI=1S/C23H16N4O2S/c1-13(10-24)11-27-12-17-15(5-6-18(25)21(17)23(27)28)14-4-7-19-16(9-14)22(26-29-19)20-3-2-8-30-20/h2-9H,1,11-12,25H2. The minimum atomic E-state index is -0.175. The molecule has 6 nitrogen and oxygen atoms in total. The summed E-state index contributed by atoms with van der Waals surface area (Å²) in [6.45, 7) is 4.27. The van der Waals surface area contributed by atoms with E-state index in [2.05, 4.69) is 11.7 Å². The van der Waals surface area contributed by atoms with Crippen molar-refractivity contribution in [1.82, 2.24) is 10.1 Å². The second-order valence-corrected chi connectivity index (χ2v) is 8.10. The van der Waals surface area contributed by atoms with E-state index in [-0.39, 0.29) is 12.5 Å². The maximum atomic E-state index is 12.9.